The lowest BCUT2D eigenvalue weighted by Gasteiger charge is -2.18. The van der Waals surface area contributed by atoms with Gasteiger partial charge in [-0.1, -0.05) is 25.6 Å². The van der Waals surface area contributed by atoms with E-state index in [4.69, 9.17) is 4.74 Å². The van der Waals surface area contributed by atoms with E-state index in [1.54, 1.807) is 0 Å². The SMILES string of the molecule is COC(=O)[C@@H](CC(C)C)NC(=O)c1nc(SC)ncc1Br. The van der Waals surface area contributed by atoms with Gasteiger partial charge in [0.2, 0.25) is 0 Å². The van der Waals surface area contributed by atoms with Gasteiger partial charge in [-0.15, -0.1) is 0 Å². The maximum Gasteiger partial charge on any atom is 0.328 e. The lowest BCUT2D eigenvalue weighted by atomic mass is 10.0. The monoisotopic (exact) mass is 375 g/mol. The summed E-state index contributed by atoms with van der Waals surface area (Å²) >= 11 is 4.58. The number of amides is 1. The third-order valence-corrected chi connectivity index (χ3v) is 3.76. The third kappa shape index (κ3) is 5.28. The van der Waals surface area contributed by atoms with Crippen molar-refractivity contribution >= 4 is 39.6 Å². The highest BCUT2D eigenvalue weighted by Crippen LogP contribution is 2.17. The molecule has 1 aromatic rings. The molecule has 21 heavy (non-hydrogen) atoms. The summed E-state index contributed by atoms with van der Waals surface area (Å²) in [6.45, 7) is 3.93. The molecule has 0 unspecified atom stereocenters. The zero-order valence-corrected chi connectivity index (χ0v) is 14.7. The maximum atomic E-state index is 12.3. The molecule has 1 amide bonds. The molecule has 0 spiro atoms. The molecule has 1 N–H and O–H groups in total. The lowest BCUT2D eigenvalue weighted by molar-refractivity contribution is -0.143. The number of aromatic nitrogens is 2. The Labute approximate surface area is 136 Å². The van der Waals surface area contributed by atoms with Gasteiger partial charge < -0.3 is 10.1 Å². The van der Waals surface area contributed by atoms with E-state index in [0.717, 1.165) is 0 Å². The summed E-state index contributed by atoms with van der Waals surface area (Å²) in [6.07, 6.45) is 3.83. The van der Waals surface area contributed by atoms with Crippen molar-refractivity contribution in [2.75, 3.05) is 13.4 Å². The van der Waals surface area contributed by atoms with E-state index in [-0.39, 0.29) is 11.6 Å². The van der Waals surface area contributed by atoms with Gasteiger partial charge in [0.15, 0.2) is 5.16 Å². The van der Waals surface area contributed by atoms with Gasteiger partial charge in [-0.25, -0.2) is 14.8 Å². The van der Waals surface area contributed by atoms with Crippen LogP contribution in [0.25, 0.3) is 0 Å². The van der Waals surface area contributed by atoms with Crippen LogP contribution in [0, 0.1) is 5.92 Å². The molecular formula is C13H18BrN3O3S. The molecular weight excluding hydrogens is 358 g/mol. The van der Waals surface area contributed by atoms with Gasteiger partial charge in [0.05, 0.1) is 11.6 Å². The van der Waals surface area contributed by atoms with Crippen LogP contribution in [0.2, 0.25) is 0 Å². The molecule has 6 nitrogen and oxygen atoms in total. The predicted octanol–water partition coefficient (Wildman–Crippen LogP) is 2.28. The van der Waals surface area contributed by atoms with E-state index >= 15 is 0 Å². The first-order chi connectivity index (χ1) is 9.88. The fourth-order valence-electron chi connectivity index (χ4n) is 1.66. The van der Waals surface area contributed by atoms with Crippen LogP contribution < -0.4 is 5.32 Å². The largest absolute Gasteiger partial charge is 0.467 e. The maximum absolute atomic E-state index is 12.3. The molecule has 0 aliphatic heterocycles. The number of nitrogens with zero attached hydrogens (tertiary/aromatic N) is 2. The fourth-order valence-corrected chi connectivity index (χ4v) is 2.37. The van der Waals surface area contributed by atoms with Crippen molar-refractivity contribution in [2.45, 2.75) is 31.5 Å². The van der Waals surface area contributed by atoms with Crippen molar-refractivity contribution < 1.29 is 14.3 Å². The number of carbonyl (C=O) groups excluding carboxylic acids is 2. The number of methoxy groups -OCH3 is 1. The highest BCUT2D eigenvalue weighted by atomic mass is 79.9. The molecule has 0 saturated heterocycles. The number of halogens is 1. The molecule has 0 fully saturated rings. The van der Waals surface area contributed by atoms with Crippen molar-refractivity contribution in [1.82, 2.24) is 15.3 Å². The van der Waals surface area contributed by atoms with Crippen LogP contribution in [0.15, 0.2) is 15.8 Å². The molecule has 1 aromatic heterocycles. The van der Waals surface area contributed by atoms with E-state index in [2.05, 4.69) is 31.2 Å². The molecule has 0 aromatic carbocycles. The number of rotatable bonds is 6. The average molecular weight is 376 g/mol. The van der Waals surface area contributed by atoms with Crippen molar-refractivity contribution in [2.24, 2.45) is 5.92 Å². The van der Waals surface area contributed by atoms with Crippen LogP contribution in [0.1, 0.15) is 30.8 Å². The minimum atomic E-state index is -0.693. The highest BCUT2D eigenvalue weighted by molar-refractivity contribution is 9.10. The summed E-state index contributed by atoms with van der Waals surface area (Å²) in [6, 6.07) is -0.693. The van der Waals surface area contributed by atoms with Gasteiger partial charge in [-0.05, 0) is 34.5 Å². The minimum Gasteiger partial charge on any atom is -0.467 e. The Balaban J connectivity index is 2.93. The topological polar surface area (TPSA) is 81.2 Å². The average Bonchev–Trinajstić information content (AvgIpc) is 2.45. The van der Waals surface area contributed by atoms with Crippen LogP contribution in [-0.4, -0.2) is 41.3 Å². The molecule has 0 aliphatic carbocycles. The first-order valence-corrected chi connectivity index (χ1v) is 8.36. The van der Waals surface area contributed by atoms with Crippen molar-refractivity contribution in [3.05, 3.63) is 16.4 Å². The highest BCUT2D eigenvalue weighted by Gasteiger charge is 2.25. The van der Waals surface area contributed by atoms with Crippen LogP contribution in [-0.2, 0) is 9.53 Å². The molecule has 0 aliphatic rings. The predicted molar refractivity (Wildman–Crippen MR) is 84.2 cm³/mol. The second-order valence-corrected chi connectivity index (χ2v) is 6.36. The summed E-state index contributed by atoms with van der Waals surface area (Å²) in [5.74, 6) is -0.659. The van der Waals surface area contributed by atoms with Crippen LogP contribution in [0.4, 0.5) is 0 Å². The van der Waals surface area contributed by atoms with Gasteiger partial charge in [-0.3, -0.25) is 4.79 Å². The molecule has 1 heterocycles. The van der Waals surface area contributed by atoms with Crippen molar-refractivity contribution in [3.63, 3.8) is 0 Å². The van der Waals surface area contributed by atoms with Crippen LogP contribution in [0.3, 0.4) is 0 Å². The quantitative estimate of drug-likeness (QED) is 0.466. The van der Waals surface area contributed by atoms with E-state index in [9.17, 15) is 9.59 Å². The molecule has 1 rings (SSSR count). The Morgan fingerprint density at radius 3 is 2.67 bits per heavy atom. The molecule has 0 saturated carbocycles. The Kier molecular flexibility index (Phi) is 7.10. The second-order valence-electron chi connectivity index (χ2n) is 4.73. The van der Waals surface area contributed by atoms with Crippen LogP contribution in [0.5, 0.6) is 0 Å². The van der Waals surface area contributed by atoms with Gasteiger partial charge in [0, 0.05) is 6.20 Å². The van der Waals surface area contributed by atoms with E-state index in [1.807, 2.05) is 20.1 Å². The molecule has 8 heteroatoms. The van der Waals surface area contributed by atoms with E-state index in [0.29, 0.717) is 16.0 Å². The summed E-state index contributed by atoms with van der Waals surface area (Å²) in [5.41, 5.74) is 0.201. The standard InChI is InChI=1S/C13H18BrN3O3S/c1-7(2)5-9(12(19)20-3)16-11(18)10-8(14)6-15-13(17-10)21-4/h6-7,9H,5H2,1-4H3,(H,16,18)/t9-/m1/s1. The van der Waals surface area contributed by atoms with Gasteiger partial charge in [0.1, 0.15) is 11.7 Å². The number of hydrogen-bond acceptors (Lipinski definition) is 6. The summed E-state index contributed by atoms with van der Waals surface area (Å²) < 4.78 is 5.20. The summed E-state index contributed by atoms with van der Waals surface area (Å²) in [5, 5.41) is 3.15. The van der Waals surface area contributed by atoms with Crippen molar-refractivity contribution in [1.29, 1.82) is 0 Å². The third-order valence-electron chi connectivity index (χ3n) is 2.62. The smallest absolute Gasteiger partial charge is 0.328 e. The summed E-state index contributed by atoms with van der Waals surface area (Å²) in [7, 11) is 1.30. The lowest BCUT2D eigenvalue weighted by Crippen LogP contribution is -2.42. The normalized spacial score (nSPS) is 12.1. The van der Waals surface area contributed by atoms with Crippen LogP contribution >= 0.6 is 27.7 Å². The number of thioether (sulfide) groups is 1. The van der Waals surface area contributed by atoms with E-state index < -0.39 is 17.9 Å². The number of ether oxygens (including phenoxy) is 1. The minimum absolute atomic E-state index is 0.201. The Morgan fingerprint density at radius 1 is 1.48 bits per heavy atom. The molecule has 0 bridgehead atoms. The first kappa shape index (κ1) is 17.9. The Morgan fingerprint density at radius 2 is 2.14 bits per heavy atom. The number of carbonyl (C=O) groups is 2. The zero-order valence-electron chi connectivity index (χ0n) is 12.3. The summed E-state index contributed by atoms with van der Waals surface area (Å²) in [4.78, 5) is 32.2. The zero-order chi connectivity index (χ0) is 16.0. The van der Waals surface area contributed by atoms with E-state index in [1.165, 1.54) is 25.1 Å². The van der Waals surface area contributed by atoms with Crippen molar-refractivity contribution in [3.8, 4) is 0 Å². The van der Waals surface area contributed by atoms with Gasteiger partial charge in [0.25, 0.3) is 5.91 Å². The van der Waals surface area contributed by atoms with Gasteiger partial charge in [-0.2, -0.15) is 0 Å². The molecule has 0 radical (unpaired) electrons. The Hall–Kier alpha value is -1.15. The first-order valence-electron chi connectivity index (χ1n) is 6.34. The molecule has 116 valence electrons. The number of hydrogen-bond donors (Lipinski definition) is 1. The number of esters is 1. The molecule has 1 atom stereocenters. The van der Waals surface area contributed by atoms with Gasteiger partial charge >= 0.3 is 5.97 Å². The number of nitrogens with one attached hydrogen (secondary N) is 1. The second kappa shape index (κ2) is 8.33. The fraction of sp³-hybridized carbons (Fsp3) is 0.538. The Bertz CT molecular complexity index is 525.